The second-order valence-corrected chi connectivity index (χ2v) is 21.1. The molecule has 2 aromatic heterocycles. The minimum absolute atomic E-state index is 0.103. The van der Waals surface area contributed by atoms with Gasteiger partial charge in [-0.25, -0.2) is 15.0 Å². The zero-order valence-corrected chi connectivity index (χ0v) is 34.8. The fraction of sp³-hybridized carbons (Fsp3) is 0.333. The molecule has 2 aliphatic heterocycles. The number of aromatic nitrogens is 4. The lowest BCUT2D eigenvalue weighted by molar-refractivity contribution is -0.202. The standard InChI is InChI=1S/C45H49N5O7Si/c1-43(2,3)58(6,7)57-38-37-42(50-29-48-36-39(46-28-47-40(36)50)49-41(51)30-14-10-8-11-15-30)56-44(38,26-54-37)27-55-45(31-16-12-9-13-17-31,32-18-22-34(52-4)23-19-32)33-20-24-35(53-5)25-21-33/h8-25,28-29,37-38,42H,26-27H2,1-7H3,(H,46,47,49,51)/t37-,38+,42-,44-/m1/s1. The molecule has 6 aromatic rings. The summed E-state index contributed by atoms with van der Waals surface area (Å²) in [6.07, 6.45) is 1.36. The minimum Gasteiger partial charge on any atom is -0.497 e. The van der Waals surface area contributed by atoms with E-state index < -0.39 is 38.0 Å². The maximum atomic E-state index is 13.2. The fourth-order valence-electron chi connectivity index (χ4n) is 7.59. The van der Waals surface area contributed by atoms with E-state index in [1.807, 2.05) is 89.5 Å². The van der Waals surface area contributed by atoms with E-state index in [2.05, 4.69) is 61.3 Å². The first kappa shape index (κ1) is 39.4. The Morgan fingerprint density at radius 3 is 2.00 bits per heavy atom. The Morgan fingerprint density at radius 2 is 1.41 bits per heavy atom. The van der Waals surface area contributed by atoms with Gasteiger partial charge in [-0.1, -0.05) is 93.6 Å². The monoisotopic (exact) mass is 799 g/mol. The molecule has 0 aliphatic carbocycles. The van der Waals surface area contributed by atoms with E-state index in [1.165, 1.54) is 6.33 Å². The molecule has 2 saturated heterocycles. The zero-order valence-electron chi connectivity index (χ0n) is 33.8. The van der Waals surface area contributed by atoms with Crippen molar-refractivity contribution in [3.63, 3.8) is 0 Å². The quantitative estimate of drug-likeness (QED) is 0.0903. The van der Waals surface area contributed by atoms with Gasteiger partial charge in [0.1, 0.15) is 41.2 Å². The third-order valence-corrected chi connectivity index (χ3v) is 16.3. The van der Waals surface area contributed by atoms with E-state index in [9.17, 15) is 4.79 Å². The van der Waals surface area contributed by atoms with E-state index in [0.717, 1.165) is 28.2 Å². The van der Waals surface area contributed by atoms with E-state index >= 15 is 0 Å². The second-order valence-electron chi connectivity index (χ2n) is 16.3. The first-order valence-corrected chi connectivity index (χ1v) is 22.3. The number of nitrogens with zero attached hydrogens (tertiary/aromatic N) is 4. The molecule has 2 bridgehead atoms. The van der Waals surface area contributed by atoms with Crippen molar-refractivity contribution in [2.75, 3.05) is 32.8 Å². The normalized spacial score (nSPS) is 20.6. The van der Waals surface area contributed by atoms with Gasteiger partial charge in [-0.05, 0) is 71.2 Å². The average Bonchev–Trinajstić information content (AvgIpc) is 3.91. The van der Waals surface area contributed by atoms with Crippen molar-refractivity contribution in [2.24, 2.45) is 0 Å². The van der Waals surface area contributed by atoms with Gasteiger partial charge in [-0.15, -0.1) is 0 Å². The minimum atomic E-state index is -2.42. The number of imidazole rings is 1. The first-order chi connectivity index (χ1) is 27.9. The van der Waals surface area contributed by atoms with E-state index in [4.69, 9.17) is 33.1 Å². The van der Waals surface area contributed by atoms with Crippen molar-refractivity contribution in [3.05, 3.63) is 144 Å². The Bertz CT molecular complexity index is 2320. The van der Waals surface area contributed by atoms with Crippen LogP contribution in [0.15, 0.2) is 122 Å². The topological polar surface area (TPSA) is 128 Å². The Morgan fingerprint density at radius 1 is 0.828 bits per heavy atom. The van der Waals surface area contributed by atoms with Crippen molar-refractivity contribution in [3.8, 4) is 11.5 Å². The Hall–Kier alpha value is -5.44. The summed E-state index contributed by atoms with van der Waals surface area (Å²) in [5.74, 6) is 1.45. The SMILES string of the molecule is COc1ccc(C(OC[C@@]23CO[C@@H]([C@H](n4cnc5c(NC(=O)c6ccccc6)ncnc54)O2)[C@@H]3O[Si](C)(C)C(C)(C)C)(c2ccccc2)c2ccc(OC)cc2)cc1. The van der Waals surface area contributed by atoms with Gasteiger partial charge in [0.05, 0.1) is 33.8 Å². The number of nitrogens with one attached hydrogen (secondary N) is 1. The van der Waals surface area contributed by atoms with Crippen LogP contribution in [0.2, 0.25) is 18.1 Å². The van der Waals surface area contributed by atoms with Crippen molar-refractivity contribution in [1.29, 1.82) is 0 Å². The molecule has 0 unspecified atom stereocenters. The van der Waals surface area contributed by atoms with Crippen LogP contribution in [0.4, 0.5) is 5.82 Å². The maximum absolute atomic E-state index is 13.2. The third kappa shape index (κ3) is 6.96. The van der Waals surface area contributed by atoms with Crippen LogP contribution in [0.5, 0.6) is 11.5 Å². The highest BCUT2D eigenvalue weighted by Gasteiger charge is 2.65. The summed E-state index contributed by atoms with van der Waals surface area (Å²) < 4.78 is 41.7. The summed E-state index contributed by atoms with van der Waals surface area (Å²) >= 11 is 0. The lowest BCUT2D eigenvalue weighted by atomic mass is 9.79. The molecule has 1 amide bonds. The van der Waals surface area contributed by atoms with E-state index in [-0.39, 0.29) is 24.2 Å². The van der Waals surface area contributed by atoms with Crippen LogP contribution >= 0.6 is 0 Å². The molecule has 8 rings (SSSR count). The summed E-state index contributed by atoms with van der Waals surface area (Å²) in [5, 5.41) is 2.80. The van der Waals surface area contributed by atoms with Gasteiger partial charge >= 0.3 is 0 Å². The Labute approximate surface area is 339 Å². The van der Waals surface area contributed by atoms with Crippen LogP contribution < -0.4 is 14.8 Å². The van der Waals surface area contributed by atoms with Crippen molar-refractivity contribution >= 4 is 31.2 Å². The molecule has 0 radical (unpaired) electrons. The number of anilines is 1. The number of carbonyl (C=O) groups is 1. The van der Waals surface area contributed by atoms with Crippen LogP contribution in [-0.4, -0.2) is 79.0 Å². The molecular formula is C45H49N5O7Si. The molecule has 0 saturated carbocycles. The highest BCUT2D eigenvalue weighted by Crippen LogP contribution is 2.52. The molecule has 4 atom stereocenters. The number of hydrogen-bond donors (Lipinski definition) is 1. The summed E-state index contributed by atoms with van der Waals surface area (Å²) in [7, 11) is 0.893. The van der Waals surface area contributed by atoms with Gasteiger partial charge in [0.15, 0.2) is 31.5 Å². The number of carbonyl (C=O) groups excluding carboxylic acids is 1. The molecular weight excluding hydrogens is 751 g/mol. The largest absolute Gasteiger partial charge is 0.497 e. The number of ether oxygens (including phenoxy) is 5. The molecule has 12 nitrogen and oxygen atoms in total. The molecule has 2 aliphatic rings. The number of amides is 1. The van der Waals surface area contributed by atoms with Crippen LogP contribution in [0, 0.1) is 0 Å². The van der Waals surface area contributed by atoms with E-state index in [1.54, 1.807) is 32.7 Å². The van der Waals surface area contributed by atoms with Crippen molar-refractivity contribution < 1.29 is 32.9 Å². The Kier molecular flexibility index (Phi) is 10.4. The zero-order chi connectivity index (χ0) is 40.7. The highest BCUT2D eigenvalue weighted by molar-refractivity contribution is 6.74. The number of benzene rings is 4. The highest BCUT2D eigenvalue weighted by atomic mass is 28.4. The number of hydrogen-bond acceptors (Lipinski definition) is 10. The second kappa shape index (κ2) is 15.4. The molecule has 58 heavy (non-hydrogen) atoms. The van der Waals surface area contributed by atoms with Crippen LogP contribution in [0.3, 0.4) is 0 Å². The molecule has 13 heteroatoms. The smallest absolute Gasteiger partial charge is 0.256 e. The molecule has 300 valence electrons. The summed E-state index contributed by atoms with van der Waals surface area (Å²) in [6, 6.07) is 35.1. The molecule has 0 spiro atoms. The fourth-order valence-corrected chi connectivity index (χ4v) is 8.93. The molecule has 4 aromatic carbocycles. The van der Waals surface area contributed by atoms with Gasteiger partial charge in [0, 0.05) is 5.56 Å². The average molecular weight is 800 g/mol. The number of methoxy groups -OCH3 is 2. The third-order valence-electron chi connectivity index (χ3n) is 11.8. The van der Waals surface area contributed by atoms with Crippen LogP contribution in [-0.2, 0) is 24.2 Å². The predicted molar refractivity (Wildman–Crippen MR) is 223 cm³/mol. The lowest BCUT2D eigenvalue weighted by Crippen LogP contribution is -2.54. The summed E-state index contributed by atoms with van der Waals surface area (Å²) in [6.45, 7) is 11.5. The number of fused-ring (bicyclic) bond motifs is 3. The van der Waals surface area contributed by atoms with Crippen molar-refractivity contribution in [1.82, 2.24) is 19.5 Å². The maximum Gasteiger partial charge on any atom is 0.256 e. The molecule has 1 N–H and O–H groups in total. The predicted octanol–water partition coefficient (Wildman–Crippen LogP) is 8.16. The van der Waals surface area contributed by atoms with Gasteiger partial charge in [0.25, 0.3) is 5.91 Å². The summed E-state index contributed by atoms with van der Waals surface area (Å²) in [5.41, 5.74) is 1.99. The van der Waals surface area contributed by atoms with E-state index in [0.29, 0.717) is 22.5 Å². The van der Waals surface area contributed by atoms with Gasteiger partial charge < -0.3 is 33.4 Å². The molecule has 4 heterocycles. The number of rotatable bonds is 13. The van der Waals surface area contributed by atoms with Gasteiger partial charge in [-0.3, -0.25) is 9.36 Å². The van der Waals surface area contributed by atoms with Gasteiger partial charge in [0.2, 0.25) is 0 Å². The summed E-state index contributed by atoms with van der Waals surface area (Å²) in [4.78, 5) is 26.9. The Balaban J connectivity index is 1.21. The first-order valence-electron chi connectivity index (χ1n) is 19.4. The van der Waals surface area contributed by atoms with Gasteiger partial charge in [-0.2, -0.15) is 0 Å². The van der Waals surface area contributed by atoms with Crippen LogP contribution in [0.25, 0.3) is 11.2 Å². The molecule has 2 fully saturated rings. The van der Waals surface area contributed by atoms with Crippen LogP contribution in [0.1, 0.15) is 54.0 Å². The van der Waals surface area contributed by atoms with Crippen molar-refractivity contribution in [2.45, 2.75) is 68.5 Å². The lowest BCUT2D eigenvalue weighted by Gasteiger charge is -2.43.